The Morgan fingerprint density at radius 1 is 1.36 bits per heavy atom. The predicted molar refractivity (Wildman–Crippen MR) is 46.5 cm³/mol. The number of rotatable bonds is 3. The van der Waals surface area contributed by atoms with Gasteiger partial charge in [-0.15, -0.1) is 6.58 Å². The third-order valence-electron chi connectivity index (χ3n) is 1.71. The number of aliphatic hydroxyl groups excluding tert-OH is 1. The Morgan fingerprint density at radius 2 is 2.00 bits per heavy atom. The Hall–Kier alpha value is -1.08. The Kier molecular flexibility index (Phi) is 2.87. The van der Waals surface area contributed by atoms with Crippen LogP contribution in [0.5, 0.6) is 0 Å². The molecule has 0 aliphatic heterocycles. The van der Waals surface area contributed by atoms with Gasteiger partial charge >= 0.3 is 0 Å². The third-order valence-corrected chi connectivity index (χ3v) is 1.71. The van der Waals surface area contributed by atoms with Gasteiger partial charge in [0.2, 0.25) is 0 Å². The molecule has 0 aliphatic carbocycles. The second-order valence-corrected chi connectivity index (χ2v) is 2.44. The molecule has 0 bridgehead atoms. The molecule has 1 aromatic carbocycles. The van der Waals surface area contributed by atoms with Crippen molar-refractivity contribution in [3.63, 3.8) is 0 Å². The minimum atomic E-state index is 0.0798. The van der Waals surface area contributed by atoms with Crippen LogP contribution in [0.15, 0.2) is 43.0 Å². The van der Waals surface area contributed by atoms with E-state index in [1.807, 2.05) is 30.3 Å². The maximum Gasteiger partial charge on any atom is 0.0534 e. The molecule has 0 fully saturated rings. The quantitative estimate of drug-likeness (QED) is 0.649. The van der Waals surface area contributed by atoms with E-state index in [2.05, 4.69) is 6.58 Å². The molecule has 1 rings (SSSR count). The lowest BCUT2D eigenvalue weighted by molar-refractivity contribution is 0.283. The fraction of sp³-hybridized carbons (Fsp3) is 0.200. The van der Waals surface area contributed by atoms with Gasteiger partial charge in [0.15, 0.2) is 0 Å². The molecule has 0 amide bonds. The summed E-state index contributed by atoms with van der Waals surface area (Å²) in [6.07, 6.45) is 1.76. The van der Waals surface area contributed by atoms with E-state index >= 15 is 0 Å². The van der Waals surface area contributed by atoms with E-state index in [0.29, 0.717) is 0 Å². The van der Waals surface area contributed by atoms with Crippen LogP contribution >= 0.6 is 0 Å². The lowest BCUT2D eigenvalue weighted by Gasteiger charge is -2.07. The molecule has 0 radical (unpaired) electrons. The summed E-state index contributed by atoms with van der Waals surface area (Å²) in [4.78, 5) is 0. The van der Waals surface area contributed by atoms with Crippen LogP contribution in [-0.2, 0) is 0 Å². The molecular weight excluding hydrogens is 136 g/mol. The van der Waals surface area contributed by atoms with Crippen molar-refractivity contribution in [2.75, 3.05) is 6.61 Å². The van der Waals surface area contributed by atoms with Crippen molar-refractivity contribution in [1.82, 2.24) is 0 Å². The van der Waals surface area contributed by atoms with Gasteiger partial charge in [-0.1, -0.05) is 36.4 Å². The Morgan fingerprint density at radius 3 is 2.45 bits per heavy atom. The molecule has 1 heteroatoms. The second kappa shape index (κ2) is 3.94. The fourth-order valence-corrected chi connectivity index (χ4v) is 1.02. The smallest absolute Gasteiger partial charge is 0.0534 e. The van der Waals surface area contributed by atoms with Crippen molar-refractivity contribution < 1.29 is 5.11 Å². The van der Waals surface area contributed by atoms with Crippen LogP contribution in [0, 0.1) is 0 Å². The Bertz CT molecular complexity index is 216. The van der Waals surface area contributed by atoms with E-state index in [0.717, 1.165) is 5.56 Å². The standard InChI is InChI=1S/C10H12O/c1-2-9(8-11)10-6-4-3-5-7-10/h2-7,9,11H,1,8H2/t9-/m0/s1. The zero-order valence-electron chi connectivity index (χ0n) is 6.40. The molecule has 1 atom stereocenters. The van der Waals surface area contributed by atoms with Crippen LogP contribution in [0.1, 0.15) is 11.5 Å². The largest absolute Gasteiger partial charge is 0.395 e. The van der Waals surface area contributed by atoms with Crippen molar-refractivity contribution in [2.45, 2.75) is 5.92 Å². The molecular formula is C10H12O. The van der Waals surface area contributed by atoms with Crippen LogP contribution in [0.25, 0.3) is 0 Å². The van der Waals surface area contributed by atoms with Crippen molar-refractivity contribution in [3.05, 3.63) is 48.6 Å². The summed E-state index contributed by atoms with van der Waals surface area (Å²) in [7, 11) is 0. The molecule has 58 valence electrons. The average molecular weight is 148 g/mol. The number of hydrogen-bond acceptors (Lipinski definition) is 1. The molecule has 0 saturated heterocycles. The van der Waals surface area contributed by atoms with Crippen molar-refractivity contribution in [1.29, 1.82) is 0 Å². The highest BCUT2D eigenvalue weighted by Gasteiger charge is 2.02. The van der Waals surface area contributed by atoms with Gasteiger partial charge in [0.05, 0.1) is 6.61 Å². The number of aliphatic hydroxyl groups is 1. The molecule has 0 aromatic heterocycles. The van der Waals surface area contributed by atoms with Gasteiger partial charge in [-0.25, -0.2) is 0 Å². The molecule has 0 heterocycles. The Labute approximate surface area is 67.0 Å². The first kappa shape index (κ1) is 8.02. The van der Waals surface area contributed by atoms with E-state index in [4.69, 9.17) is 5.11 Å². The van der Waals surface area contributed by atoms with E-state index in [1.54, 1.807) is 6.08 Å². The monoisotopic (exact) mass is 148 g/mol. The summed E-state index contributed by atoms with van der Waals surface area (Å²) >= 11 is 0. The highest BCUT2D eigenvalue weighted by molar-refractivity contribution is 5.22. The fourth-order valence-electron chi connectivity index (χ4n) is 1.02. The molecule has 0 unspecified atom stereocenters. The molecule has 11 heavy (non-hydrogen) atoms. The highest BCUT2D eigenvalue weighted by Crippen LogP contribution is 2.14. The summed E-state index contributed by atoms with van der Waals surface area (Å²) in [5.74, 6) is 0.0798. The van der Waals surface area contributed by atoms with Gasteiger partial charge in [-0.2, -0.15) is 0 Å². The zero-order chi connectivity index (χ0) is 8.10. The normalized spacial score (nSPS) is 12.5. The summed E-state index contributed by atoms with van der Waals surface area (Å²) < 4.78 is 0. The molecule has 0 aliphatic rings. The summed E-state index contributed by atoms with van der Waals surface area (Å²) in [6, 6.07) is 9.86. The predicted octanol–water partition coefficient (Wildman–Crippen LogP) is 1.95. The van der Waals surface area contributed by atoms with Gasteiger partial charge in [-0.3, -0.25) is 0 Å². The maximum atomic E-state index is 8.91. The summed E-state index contributed by atoms with van der Waals surface area (Å²) in [6.45, 7) is 3.78. The lowest BCUT2D eigenvalue weighted by Crippen LogP contribution is -1.99. The van der Waals surface area contributed by atoms with E-state index < -0.39 is 0 Å². The molecule has 0 saturated carbocycles. The first-order valence-electron chi connectivity index (χ1n) is 3.67. The summed E-state index contributed by atoms with van der Waals surface area (Å²) in [5, 5.41) is 8.91. The topological polar surface area (TPSA) is 20.2 Å². The minimum Gasteiger partial charge on any atom is -0.395 e. The van der Waals surface area contributed by atoms with Crippen LogP contribution in [0.4, 0.5) is 0 Å². The third kappa shape index (κ3) is 1.92. The van der Waals surface area contributed by atoms with E-state index in [9.17, 15) is 0 Å². The molecule has 0 spiro atoms. The number of benzene rings is 1. The van der Waals surface area contributed by atoms with Gasteiger partial charge in [0, 0.05) is 5.92 Å². The maximum absolute atomic E-state index is 8.91. The molecule has 1 aromatic rings. The van der Waals surface area contributed by atoms with Crippen LogP contribution in [0.3, 0.4) is 0 Å². The van der Waals surface area contributed by atoms with Gasteiger partial charge < -0.3 is 5.11 Å². The first-order chi connectivity index (χ1) is 5.38. The zero-order valence-corrected chi connectivity index (χ0v) is 6.40. The van der Waals surface area contributed by atoms with E-state index in [1.165, 1.54) is 0 Å². The highest BCUT2D eigenvalue weighted by atomic mass is 16.3. The summed E-state index contributed by atoms with van der Waals surface area (Å²) in [5.41, 5.74) is 1.12. The average Bonchev–Trinajstić information content (AvgIpc) is 2.09. The van der Waals surface area contributed by atoms with Crippen LogP contribution in [-0.4, -0.2) is 11.7 Å². The van der Waals surface area contributed by atoms with Crippen molar-refractivity contribution in [3.8, 4) is 0 Å². The first-order valence-corrected chi connectivity index (χ1v) is 3.67. The lowest BCUT2D eigenvalue weighted by atomic mass is 10.0. The number of hydrogen-bond donors (Lipinski definition) is 1. The Balaban J connectivity index is 2.82. The van der Waals surface area contributed by atoms with Gasteiger partial charge in [0.25, 0.3) is 0 Å². The van der Waals surface area contributed by atoms with Gasteiger partial charge in [-0.05, 0) is 5.56 Å². The van der Waals surface area contributed by atoms with E-state index in [-0.39, 0.29) is 12.5 Å². The molecule has 1 nitrogen and oxygen atoms in total. The van der Waals surface area contributed by atoms with Crippen LogP contribution < -0.4 is 0 Å². The second-order valence-electron chi connectivity index (χ2n) is 2.44. The minimum absolute atomic E-state index is 0.0798. The van der Waals surface area contributed by atoms with Crippen LogP contribution in [0.2, 0.25) is 0 Å². The van der Waals surface area contributed by atoms with Crippen molar-refractivity contribution >= 4 is 0 Å². The van der Waals surface area contributed by atoms with Crippen molar-refractivity contribution in [2.24, 2.45) is 0 Å². The van der Waals surface area contributed by atoms with Gasteiger partial charge in [0.1, 0.15) is 0 Å². The SMILES string of the molecule is C=C[C@@H](CO)c1ccccc1. The molecule has 1 N–H and O–H groups in total.